The average molecular weight is 279 g/mol. The second kappa shape index (κ2) is 7.40. The van der Waals surface area contributed by atoms with Crippen molar-refractivity contribution in [3.8, 4) is 0 Å². The first kappa shape index (κ1) is 15.8. The summed E-state index contributed by atoms with van der Waals surface area (Å²) in [6.07, 6.45) is 0.323. The molecule has 0 amide bonds. The van der Waals surface area contributed by atoms with E-state index in [-0.39, 0.29) is 12.4 Å². The second-order valence-corrected chi connectivity index (χ2v) is 7.03. The summed E-state index contributed by atoms with van der Waals surface area (Å²) < 4.78 is 25.4. The van der Waals surface area contributed by atoms with Gasteiger partial charge in [-0.15, -0.1) is 0 Å². The lowest BCUT2D eigenvalue weighted by molar-refractivity contribution is 0.174. The molecule has 1 N–H and O–H groups in total. The smallest absolute Gasteiger partial charge is 0.214 e. The minimum absolute atomic E-state index is 0.0567. The number of likely N-dealkylation sites (N-methyl/N-ethyl adjacent to an activating group) is 1. The van der Waals surface area contributed by atoms with Crippen LogP contribution in [0.1, 0.15) is 6.42 Å². The van der Waals surface area contributed by atoms with Crippen molar-refractivity contribution in [1.82, 2.24) is 14.1 Å². The Labute approximate surface area is 110 Å². The van der Waals surface area contributed by atoms with Crippen LogP contribution in [0, 0.1) is 0 Å². The van der Waals surface area contributed by atoms with Gasteiger partial charge in [-0.1, -0.05) is 0 Å². The van der Waals surface area contributed by atoms with Crippen molar-refractivity contribution < 1.29 is 13.5 Å². The van der Waals surface area contributed by atoms with Gasteiger partial charge in [-0.2, -0.15) is 4.31 Å². The van der Waals surface area contributed by atoms with Gasteiger partial charge in [0.05, 0.1) is 5.75 Å². The van der Waals surface area contributed by atoms with Crippen LogP contribution < -0.4 is 0 Å². The third-order valence-electron chi connectivity index (χ3n) is 3.15. The number of hydrogen-bond acceptors (Lipinski definition) is 5. The molecule has 0 aromatic rings. The van der Waals surface area contributed by atoms with Gasteiger partial charge in [0, 0.05) is 45.9 Å². The van der Waals surface area contributed by atoms with E-state index >= 15 is 0 Å². The van der Waals surface area contributed by atoms with Crippen LogP contribution in [0.2, 0.25) is 0 Å². The SMILES string of the molecule is CN(C)CCN1CCN(S(=O)(=O)CCCO)CC1. The van der Waals surface area contributed by atoms with Gasteiger partial charge in [-0.25, -0.2) is 8.42 Å². The molecule has 0 saturated carbocycles. The molecule has 0 bridgehead atoms. The third kappa shape index (κ3) is 5.19. The summed E-state index contributed by atoms with van der Waals surface area (Å²) in [5.74, 6) is 0.0567. The highest BCUT2D eigenvalue weighted by Gasteiger charge is 2.26. The largest absolute Gasteiger partial charge is 0.396 e. The molecule has 0 aliphatic carbocycles. The molecule has 0 aromatic carbocycles. The van der Waals surface area contributed by atoms with Crippen molar-refractivity contribution >= 4 is 10.0 Å². The Kier molecular flexibility index (Phi) is 6.51. The van der Waals surface area contributed by atoms with Gasteiger partial charge in [0.15, 0.2) is 0 Å². The van der Waals surface area contributed by atoms with Gasteiger partial charge < -0.3 is 10.0 Å². The molecule has 0 unspecified atom stereocenters. The summed E-state index contributed by atoms with van der Waals surface area (Å²) in [4.78, 5) is 4.42. The maximum Gasteiger partial charge on any atom is 0.214 e. The van der Waals surface area contributed by atoms with E-state index in [4.69, 9.17) is 5.11 Å². The molecule has 0 spiro atoms. The van der Waals surface area contributed by atoms with Crippen LogP contribution in [-0.2, 0) is 10.0 Å². The highest BCUT2D eigenvalue weighted by atomic mass is 32.2. The zero-order valence-corrected chi connectivity index (χ0v) is 12.2. The summed E-state index contributed by atoms with van der Waals surface area (Å²) in [5, 5.41) is 8.70. The highest BCUT2D eigenvalue weighted by Crippen LogP contribution is 2.08. The standard InChI is InChI=1S/C11H25N3O3S/c1-12(2)4-5-13-6-8-14(9-7-13)18(16,17)11-3-10-15/h15H,3-11H2,1-2H3. The first-order valence-electron chi connectivity index (χ1n) is 6.41. The van der Waals surface area contributed by atoms with E-state index in [0.717, 1.165) is 26.2 Å². The summed E-state index contributed by atoms with van der Waals surface area (Å²) in [7, 11) is 0.911. The molecule has 108 valence electrons. The third-order valence-corrected chi connectivity index (χ3v) is 5.11. The summed E-state index contributed by atoms with van der Waals surface area (Å²) in [5.41, 5.74) is 0. The molecule has 0 radical (unpaired) electrons. The first-order chi connectivity index (χ1) is 8.45. The predicted octanol–water partition coefficient (Wildman–Crippen LogP) is -1.12. The monoisotopic (exact) mass is 279 g/mol. The van der Waals surface area contributed by atoms with Gasteiger partial charge in [0.1, 0.15) is 0 Å². The molecular formula is C11H25N3O3S. The van der Waals surface area contributed by atoms with E-state index in [2.05, 4.69) is 9.80 Å². The first-order valence-corrected chi connectivity index (χ1v) is 8.02. The summed E-state index contributed by atoms with van der Waals surface area (Å²) >= 11 is 0. The van der Waals surface area contributed by atoms with Crippen molar-refractivity contribution in [2.75, 3.05) is 65.7 Å². The van der Waals surface area contributed by atoms with Crippen LogP contribution >= 0.6 is 0 Å². The Balaban J connectivity index is 2.34. The lowest BCUT2D eigenvalue weighted by Gasteiger charge is -2.34. The quantitative estimate of drug-likeness (QED) is 0.639. The van der Waals surface area contributed by atoms with Crippen molar-refractivity contribution in [2.45, 2.75) is 6.42 Å². The van der Waals surface area contributed by atoms with Gasteiger partial charge in [-0.05, 0) is 20.5 Å². The molecule has 1 aliphatic rings. The molecular weight excluding hydrogens is 254 g/mol. The fraction of sp³-hybridized carbons (Fsp3) is 1.00. The van der Waals surface area contributed by atoms with Crippen LogP contribution in [0.3, 0.4) is 0 Å². The lowest BCUT2D eigenvalue weighted by atomic mass is 10.3. The van der Waals surface area contributed by atoms with E-state index < -0.39 is 10.0 Å². The van der Waals surface area contributed by atoms with E-state index in [9.17, 15) is 8.42 Å². The summed E-state index contributed by atoms with van der Waals surface area (Å²) in [6.45, 7) is 4.65. The number of hydrogen-bond donors (Lipinski definition) is 1. The van der Waals surface area contributed by atoms with Gasteiger partial charge in [-0.3, -0.25) is 4.90 Å². The number of rotatable bonds is 7. The Morgan fingerprint density at radius 3 is 2.28 bits per heavy atom. The zero-order valence-electron chi connectivity index (χ0n) is 11.4. The van der Waals surface area contributed by atoms with Crippen molar-refractivity contribution in [3.63, 3.8) is 0 Å². The molecule has 1 saturated heterocycles. The summed E-state index contributed by atoms with van der Waals surface area (Å²) in [6, 6.07) is 0. The van der Waals surface area contributed by atoms with Crippen LogP contribution in [0.5, 0.6) is 0 Å². The predicted molar refractivity (Wildman–Crippen MR) is 72.1 cm³/mol. The number of piperazine rings is 1. The fourth-order valence-electron chi connectivity index (χ4n) is 1.95. The topological polar surface area (TPSA) is 64.1 Å². The number of sulfonamides is 1. The van der Waals surface area contributed by atoms with Crippen LogP contribution in [0.25, 0.3) is 0 Å². The Morgan fingerprint density at radius 2 is 1.78 bits per heavy atom. The Bertz CT molecular complexity index is 324. The van der Waals surface area contributed by atoms with Crippen molar-refractivity contribution in [2.24, 2.45) is 0 Å². The lowest BCUT2D eigenvalue weighted by Crippen LogP contribution is -2.50. The number of aliphatic hydroxyl groups excluding tert-OH is 1. The molecule has 1 aliphatic heterocycles. The molecule has 6 nitrogen and oxygen atoms in total. The van der Waals surface area contributed by atoms with E-state index in [0.29, 0.717) is 19.5 Å². The van der Waals surface area contributed by atoms with Gasteiger partial charge in [0.25, 0.3) is 0 Å². The van der Waals surface area contributed by atoms with E-state index in [1.165, 1.54) is 0 Å². The van der Waals surface area contributed by atoms with Gasteiger partial charge >= 0.3 is 0 Å². The molecule has 18 heavy (non-hydrogen) atoms. The van der Waals surface area contributed by atoms with Crippen molar-refractivity contribution in [1.29, 1.82) is 0 Å². The Morgan fingerprint density at radius 1 is 1.17 bits per heavy atom. The van der Waals surface area contributed by atoms with Crippen LogP contribution in [0.15, 0.2) is 0 Å². The molecule has 1 fully saturated rings. The minimum Gasteiger partial charge on any atom is -0.396 e. The number of nitrogens with zero attached hydrogens (tertiary/aromatic N) is 3. The Hall–Kier alpha value is -0.210. The fourth-order valence-corrected chi connectivity index (χ4v) is 3.42. The minimum atomic E-state index is -3.16. The molecule has 0 aromatic heterocycles. The zero-order chi connectivity index (χ0) is 13.6. The van der Waals surface area contributed by atoms with Crippen molar-refractivity contribution in [3.05, 3.63) is 0 Å². The van der Waals surface area contributed by atoms with Crippen LogP contribution in [-0.4, -0.2) is 93.4 Å². The molecule has 0 atom stereocenters. The van der Waals surface area contributed by atoms with E-state index in [1.807, 2.05) is 14.1 Å². The second-order valence-electron chi connectivity index (χ2n) is 4.94. The average Bonchev–Trinajstić information content (AvgIpc) is 2.34. The van der Waals surface area contributed by atoms with E-state index in [1.54, 1.807) is 4.31 Å². The highest BCUT2D eigenvalue weighted by molar-refractivity contribution is 7.89. The molecule has 1 heterocycles. The van der Waals surface area contributed by atoms with Crippen LogP contribution in [0.4, 0.5) is 0 Å². The maximum atomic E-state index is 11.9. The molecule has 1 rings (SSSR count). The normalized spacial score (nSPS) is 19.6. The maximum absolute atomic E-state index is 11.9. The number of aliphatic hydroxyl groups is 1. The van der Waals surface area contributed by atoms with Gasteiger partial charge in [0.2, 0.25) is 10.0 Å². The molecule has 7 heteroatoms.